The average Bonchev–Trinajstić information content (AvgIpc) is 2.82. The molecule has 30 heavy (non-hydrogen) atoms. The highest BCUT2D eigenvalue weighted by molar-refractivity contribution is 5.23. The van der Waals surface area contributed by atoms with E-state index in [0.717, 1.165) is 32.5 Å². The first-order chi connectivity index (χ1) is 14.8. The van der Waals surface area contributed by atoms with Gasteiger partial charge in [0.15, 0.2) is 5.79 Å². The van der Waals surface area contributed by atoms with E-state index in [2.05, 4.69) is 95.9 Å². The largest absolute Gasteiger partial charge is 0.348 e. The van der Waals surface area contributed by atoms with E-state index in [-0.39, 0.29) is 6.04 Å². The Bertz CT molecular complexity index is 915. The van der Waals surface area contributed by atoms with E-state index >= 15 is 0 Å². The molecule has 154 valence electrons. The van der Waals surface area contributed by atoms with Gasteiger partial charge in [-0.1, -0.05) is 91.0 Å². The third-order valence-electron chi connectivity index (χ3n) is 6.49. The first-order valence-corrected chi connectivity index (χ1v) is 11.0. The molecule has 0 radical (unpaired) electrons. The van der Waals surface area contributed by atoms with Crippen LogP contribution in [0.2, 0.25) is 0 Å². The van der Waals surface area contributed by atoms with E-state index in [0.29, 0.717) is 12.5 Å². The lowest BCUT2D eigenvalue weighted by atomic mass is 9.89. The molecule has 3 nitrogen and oxygen atoms in total. The molecular weight excluding hydrogens is 370 g/mol. The van der Waals surface area contributed by atoms with Crippen LogP contribution in [0, 0.1) is 0 Å². The normalized spacial score (nSPS) is 27.2. The maximum Gasteiger partial charge on any atom is 0.181 e. The van der Waals surface area contributed by atoms with Gasteiger partial charge in [-0.2, -0.15) is 0 Å². The van der Waals surface area contributed by atoms with Crippen molar-refractivity contribution in [2.45, 2.75) is 37.1 Å². The Kier molecular flexibility index (Phi) is 5.67. The first-order valence-electron chi connectivity index (χ1n) is 11.0. The second kappa shape index (κ2) is 8.73. The van der Waals surface area contributed by atoms with Crippen molar-refractivity contribution in [2.75, 3.05) is 19.8 Å². The van der Waals surface area contributed by atoms with E-state index in [9.17, 15) is 0 Å². The van der Waals surface area contributed by atoms with Crippen LogP contribution in [-0.4, -0.2) is 30.4 Å². The monoisotopic (exact) mass is 399 g/mol. The van der Waals surface area contributed by atoms with Gasteiger partial charge in [0.2, 0.25) is 0 Å². The molecule has 0 aromatic heterocycles. The SMILES string of the molecule is c1ccc(CN2CC3(CC[C@H](c4ccccc4)CO3)OC[C@@H]2c2ccccc2)cc1. The van der Waals surface area contributed by atoms with Gasteiger partial charge in [-0.25, -0.2) is 0 Å². The lowest BCUT2D eigenvalue weighted by molar-refractivity contribution is -0.297. The number of morpholine rings is 1. The second-order valence-electron chi connectivity index (χ2n) is 8.50. The highest BCUT2D eigenvalue weighted by Gasteiger charge is 2.44. The Hall–Kier alpha value is -2.46. The second-order valence-corrected chi connectivity index (χ2v) is 8.50. The molecule has 3 aromatic rings. The van der Waals surface area contributed by atoms with E-state index in [4.69, 9.17) is 9.47 Å². The smallest absolute Gasteiger partial charge is 0.181 e. The minimum absolute atomic E-state index is 0.243. The molecule has 5 rings (SSSR count). The van der Waals surface area contributed by atoms with E-state index in [1.54, 1.807) is 0 Å². The molecule has 1 unspecified atom stereocenters. The number of nitrogens with zero attached hydrogens (tertiary/aromatic N) is 1. The summed E-state index contributed by atoms with van der Waals surface area (Å²) < 4.78 is 12.9. The molecule has 2 aliphatic heterocycles. The van der Waals surface area contributed by atoms with Gasteiger partial charge in [-0.05, 0) is 23.1 Å². The van der Waals surface area contributed by atoms with Crippen molar-refractivity contribution in [3.05, 3.63) is 108 Å². The summed E-state index contributed by atoms with van der Waals surface area (Å²) in [7, 11) is 0. The zero-order valence-electron chi connectivity index (χ0n) is 17.3. The highest BCUT2D eigenvalue weighted by Crippen LogP contribution is 2.40. The summed E-state index contributed by atoms with van der Waals surface area (Å²) >= 11 is 0. The summed E-state index contributed by atoms with van der Waals surface area (Å²) in [6.07, 6.45) is 2.03. The van der Waals surface area contributed by atoms with Crippen molar-refractivity contribution in [3.8, 4) is 0 Å². The lowest BCUT2D eigenvalue weighted by Gasteiger charge is -2.49. The fraction of sp³-hybridized carbons (Fsp3) is 0.333. The van der Waals surface area contributed by atoms with Gasteiger partial charge in [-0.15, -0.1) is 0 Å². The van der Waals surface area contributed by atoms with Crippen LogP contribution >= 0.6 is 0 Å². The van der Waals surface area contributed by atoms with Gasteiger partial charge in [-0.3, -0.25) is 4.90 Å². The Morgan fingerprint density at radius 2 is 1.33 bits per heavy atom. The van der Waals surface area contributed by atoms with Gasteiger partial charge < -0.3 is 9.47 Å². The van der Waals surface area contributed by atoms with Crippen LogP contribution in [0.3, 0.4) is 0 Å². The molecule has 0 aliphatic carbocycles. The summed E-state index contributed by atoms with van der Waals surface area (Å²) in [5.74, 6) is -0.0411. The van der Waals surface area contributed by atoms with Gasteiger partial charge in [0.05, 0.1) is 25.8 Å². The minimum atomic E-state index is -0.495. The zero-order chi connectivity index (χ0) is 20.2. The maximum atomic E-state index is 6.46. The van der Waals surface area contributed by atoms with Crippen molar-refractivity contribution in [3.63, 3.8) is 0 Å². The van der Waals surface area contributed by atoms with Crippen molar-refractivity contribution < 1.29 is 9.47 Å². The minimum Gasteiger partial charge on any atom is -0.348 e. The van der Waals surface area contributed by atoms with Gasteiger partial charge >= 0.3 is 0 Å². The molecule has 0 N–H and O–H groups in total. The molecule has 3 heteroatoms. The molecule has 2 saturated heterocycles. The average molecular weight is 400 g/mol. The van der Waals surface area contributed by atoms with E-state index in [1.807, 2.05) is 0 Å². The van der Waals surface area contributed by atoms with Crippen LogP contribution in [0.15, 0.2) is 91.0 Å². The fourth-order valence-electron chi connectivity index (χ4n) is 4.80. The third kappa shape index (κ3) is 4.20. The Balaban J connectivity index is 1.34. The molecule has 2 fully saturated rings. The maximum absolute atomic E-state index is 6.46. The lowest BCUT2D eigenvalue weighted by Crippen LogP contribution is -2.56. The molecular formula is C27H29NO2. The van der Waals surface area contributed by atoms with Gasteiger partial charge in [0.1, 0.15) is 0 Å². The number of benzene rings is 3. The summed E-state index contributed by atoms with van der Waals surface area (Å²) in [4.78, 5) is 2.54. The Morgan fingerprint density at radius 1 is 0.733 bits per heavy atom. The van der Waals surface area contributed by atoms with Crippen molar-refractivity contribution in [2.24, 2.45) is 0 Å². The molecule has 3 atom stereocenters. The zero-order valence-corrected chi connectivity index (χ0v) is 17.3. The predicted molar refractivity (Wildman–Crippen MR) is 119 cm³/mol. The molecule has 2 aliphatic rings. The number of hydrogen-bond acceptors (Lipinski definition) is 3. The van der Waals surface area contributed by atoms with Crippen molar-refractivity contribution >= 4 is 0 Å². The van der Waals surface area contributed by atoms with Crippen LogP contribution < -0.4 is 0 Å². The van der Waals surface area contributed by atoms with Crippen molar-refractivity contribution in [1.29, 1.82) is 0 Å². The standard InChI is InChI=1S/C27H29NO2/c1-4-10-22(11-5-1)18-28-21-27(30-20-26(28)24-14-8-3-9-15-24)17-16-25(19-29-27)23-12-6-2-7-13-23/h1-15,25-26H,16-21H2/t25-,26+,27?/m0/s1. The molecule has 1 spiro atoms. The highest BCUT2D eigenvalue weighted by atomic mass is 16.7. The van der Waals surface area contributed by atoms with Crippen LogP contribution in [0.1, 0.15) is 41.5 Å². The van der Waals surface area contributed by atoms with Crippen LogP contribution in [0.25, 0.3) is 0 Å². The first kappa shape index (κ1) is 19.5. The number of rotatable bonds is 4. The topological polar surface area (TPSA) is 21.7 Å². The van der Waals surface area contributed by atoms with Crippen LogP contribution in [0.5, 0.6) is 0 Å². The molecule has 0 bridgehead atoms. The Labute approximate surface area is 179 Å². The molecule has 2 heterocycles. The number of ether oxygens (including phenoxy) is 2. The molecule has 0 saturated carbocycles. The number of hydrogen-bond donors (Lipinski definition) is 0. The molecule has 3 aromatic carbocycles. The summed E-state index contributed by atoms with van der Waals surface area (Å²) in [5, 5.41) is 0. The van der Waals surface area contributed by atoms with Crippen LogP contribution in [0.4, 0.5) is 0 Å². The van der Waals surface area contributed by atoms with Gasteiger partial charge in [0.25, 0.3) is 0 Å². The Morgan fingerprint density at radius 3 is 1.97 bits per heavy atom. The van der Waals surface area contributed by atoms with E-state index in [1.165, 1.54) is 16.7 Å². The van der Waals surface area contributed by atoms with E-state index < -0.39 is 5.79 Å². The molecule has 0 amide bonds. The summed E-state index contributed by atoms with van der Waals surface area (Å²) in [6, 6.07) is 32.4. The summed E-state index contributed by atoms with van der Waals surface area (Å²) in [6.45, 7) is 3.08. The summed E-state index contributed by atoms with van der Waals surface area (Å²) in [5.41, 5.74) is 4.00. The van der Waals surface area contributed by atoms with Crippen molar-refractivity contribution in [1.82, 2.24) is 4.90 Å². The van der Waals surface area contributed by atoms with Gasteiger partial charge in [0, 0.05) is 18.9 Å². The fourth-order valence-corrected chi connectivity index (χ4v) is 4.80. The quantitative estimate of drug-likeness (QED) is 0.574. The predicted octanol–water partition coefficient (Wildman–Crippen LogP) is 5.55. The third-order valence-corrected chi connectivity index (χ3v) is 6.49. The van der Waals surface area contributed by atoms with Crippen LogP contribution in [-0.2, 0) is 16.0 Å².